The van der Waals surface area contributed by atoms with Crippen LogP contribution in [0.25, 0.3) is 33.6 Å². The van der Waals surface area contributed by atoms with Gasteiger partial charge in [0.05, 0.1) is 46.9 Å². The number of carbonyl (C=O) groups is 2. The average Bonchev–Trinajstić information content (AvgIpc) is 3.80. The topological polar surface area (TPSA) is 168 Å². The molecular formula is C42H58N8O2. The van der Waals surface area contributed by atoms with Crippen LogP contribution in [0.15, 0.2) is 60.9 Å². The Morgan fingerprint density at radius 1 is 0.577 bits per heavy atom. The van der Waals surface area contributed by atoms with E-state index in [1.807, 2.05) is 12.4 Å². The summed E-state index contributed by atoms with van der Waals surface area (Å²) in [4.78, 5) is 43.1. The first kappa shape index (κ1) is 37.5. The van der Waals surface area contributed by atoms with Crippen molar-refractivity contribution in [3.05, 3.63) is 72.6 Å². The van der Waals surface area contributed by atoms with E-state index >= 15 is 0 Å². The fourth-order valence-electron chi connectivity index (χ4n) is 7.70. The minimum Gasteiger partial charge on any atom is -0.344 e. The molecule has 10 heteroatoms. The third-order valence-corrected chi connectivity index (χ3v) is 11.1. The molecule has 0 radical (unpaired) electrons. The molecule has 2 saturated carbocycles. The van der Waals surface area contributed by atoms with Crippen molar-refractivity contribution in [2.75, 3.05) is 0 Å². The Morgan fingerprint density at radius 2 is 0.885 bits per heavy atom. The summed E-state index contributed by atoms with van der Waals surface area (Å²) in [7, 11) is 0. The SMILES string of the molecule is CC(C)(C)[C@H](NC(=O)C1(N)CCCCC1)c1ncc(-c2ccc(-c3ccc(-c4cnc([C@@H](NC(=O)C5(N)CCCCC5)C(C)(C)C)[nH]4)cc3)cc2)[nH]1. The van der Waals surface area contributed by atoms with E-state index in [2.05, 4.69) is 111 Å². The Labute approximate surface area is 308 Å². The van der Waals surface area contributed by atoms with Gasteiger partial charge in [0.15, 0.2) is 0 Å². The molecule has 2 fully saturated rings. The minimum absolute atomic E-state index is 0.0918. The molecule has 2 amide bonds. The van der Waals surface area contributed by atoms with E-state index in [4.69, 9.17) is 21.4 Å². The Kier molecular flexibility index (Phi) is 10.5. The zero-order chi connectivity index (χ0) is 37.3. The third kappa shape index (κ3) is 8.18. The first-order valence-corrected chi connectivity index (χ1v) is 19.1. The molecule has 4 aromatic rings. The first-order chi connectivity index (χ1) is 24.6. The predicted octanol–water partition coefficient (Wildman–Crippen LogP) is 7.86. The lowest BCUT2D eigenvalue weighted by Gasteiger charge is -2.36. The van der Waals surface area contributed by atoms with Crippen LogP contribution >= 0.6 is 0 Å². The number of imidazole rings is 2. The number of hydrogen-bond donors (Lipinski definition) is 6. The molecule has 2 aromatic carbocycles. The lowest BCUT2D eigenvalue weighted by Crippen LogP contribution is -2.56. The fourth-order valence-corrected chi connectivity index (χ4v) is 7.70. The summed E-state index contributed by atoms with van der Waals surface area (Å²) in [5.74, 6) is 1.26. The monoisotopic (exact) mass is 706 g/mol. The van der Waals surface area contributed by atoms with Crippen LogP contribution in [0, 0.1) is 10.8 Å². The second kappa shape index (κ2) is 14.6. The fraction of sp³-hybridized carbons (Fsp3) is 0.524. The maximum atomic E-state index is 13.4. The van der Waals surface area contributed by atoms with E-state index in [9.17, 15) is 9.59 Å². The van der Waals surface area contributed by atoms with Crippen molar-refractivity contribution in [3.8, 4) is 33.6 Å². The van der Waals surface area contributed by atoms with Gasteiger partial charge in [0.25, 0.3) is 0 Å². The van der Waals surface area contributed by atoms with E-state index in [0.29, 0.717) is 25.7 Å². The molecule has 278 valence electrons. The number of aromatic nitrogens is 4. The highest BCUT2D eigenvalue weighted by atomic mass is 16.2. The third-order valence-electron chi connectivity index (χ3n) is 11.1. The number of aromatic amines is 2. The summed E-state index contributed by atoms with van der Waals surface area (Å²) >= 11 is 0. The summed E-state index contributed by atoms with van der Waals surface area (Å²) in [6.45, 7) is 12.6. The van der Waals surface area contributed by atoms with Gasteiger partial charge in [-0.15, -0.1) is 0 Å². The Bertz CT molecular complexity index is 1690. The highest BCUT2D eigenvalue weighted by Gasteiger charge is 2.41. The predicted molar refractivity (Wildman–Crippen MR) is 208 cm³/mol. The largest absolute Gasteiger partial charge is 0.344 e. The van der Waals surface area contributed by atoms with Gasteiger partial charge in [-0.2, -0.15) is 0 Å². The Hall–Kier alpha value is -4.28. The lowest BCUT2D eigenvalue weighted by molar-refractivity contribution is -0.129. The Morgan fingerprint density at radius 3 is 1.19 bits per heavy atom. The number of hydrogen-bond acceptors (Lipinski definition) is 6. The number of carbonyl (C=O) groups excluding carboxylic acids is 2. The zero-order valence-corrected chi connectivity index (χ0v) is 31.9. The van der Waals surface area contributed by atoms with Gasteiger partial charge in [-0.25, -0.2) is 9.97 Å². The molecule has 6 rings (SSSR count). The highest BCUT2D eigenvalue weighted by molar-refractivity contribution is 5.87. The van der Waals surface area contributed by atoms with Crippen LogP contribution < -0.4 is 22.1 Å². The van der Waals surface area contributed by atoms with Gasteiger partial charge >= 0.3 is 0 Å². The van der Waals surface area contributed by atoms with E-state index in [1.54, 1.807) is 0 Å². The molecule has 0 bridgehead atoms. The van der Waals surface area contributed by atoms with Gasteiger partial charge in [0.1, 0.15) is 11.6 Å². The van der Waals surface area contributed by atoms with Crippen molar-refractivity contribution in [3.63, 3.8) is 0 Å². The molecule has 2 aromatic heterocycles. The standard InChI is InChI=1S/C42H58N8O2/c1-39(2,3)33(49-37(51)41(43)21-9-7-10-22-41)35-45-25-31(47-35)29-17-13-27(14-18-29)28-15-19-30(20-16-28)32-26-46-36(48-32)34(40(4,5)6)50-38(52)42(44)23-11-8-12-24-42/h13-20,25-26,33-34H,7-12,21-24,43-44H2,1-6H3,(H,45,47)(H,46,48)(H,49,51)(H,50,52)/t33-,34-/m1/s1. The lowest BCUT2D eigenvalue weighted by atomic mass is 9.80. The second-order valence-corrected chi connectivity index (χ2v) is 17.5. The number of nitrogens with one attached hydrogen (secondary N) is 4. The number of amides is 2. The molecule has 2 heterocycles. The molecule has 0 unspecified atom stereocenters. The van der Waals surface area contributed by atoms with Crippen molar-refractivity contribution in [2.45, 2.75) is 129 Å². The zero-order valence-electron chi connectivity index (χ0n) is 31.9. The van der Waals surface area contributed by atoms with Gasteiger partial charge in [-0.1, -0.05) is 129 Å². The molecule has 52 heavy (non-hydrogen) atoms. The number of rotatable bonds is 9. The normalized spacial score (nSPS) is 18.7. The van der Waals surface area contributed by atoms with Crippen molar-refractivity contribution in [2.24, 2.45) is 22.3 Å². The molecule has 0 spiro atoms. The van der Waals surface area contributed by atoms with Crippen LogP contribution in [0.1, 0.15) is 129 Å². The number of benzene rings is 2. The van der Waals surface area contributed by atoms with Crippen LogP contribution in [-0.2, 0) is 9.59 Å². The van der Waals surface area contributed by atoms with Crippen molar-refractivity contribution in [1.82, 2.24) is 30.6 Å². The summed E-state index contributed by atoms with van der Waals surface area (Å²) in [6, 6.07) is 16.2. The Balaban J connectivity index is 1.13. The number of H-pyrrole nitrogens is 2. The molecular weight excluding hydrogens is 649 g/mol. The van der Waals surface area contributed by atoms with Gasteiger partial charge in [0.2, 0.25) is 11.8 Å². The van der Waals surface area contributed by atoms with Gasteiger partial charge < -0.3 is 32.1 Å². The van der Waals surface area contributed by atoms with Crippen molar-refractivity contribution >= 4 is 11.8 Å². The van der Waals surface area contributed by atoms with Crippen molar-refractivity contribution < 1.29 is 9.59 Å². The second-order valence-electron chi connectivity index (χ2n) is 17.5. The molecule has 0 aliphatic heterocycles. The summed E-state index contributed by atoms with van der Waals surface area (Å²) in [5.41, 5.74) is 17.0. The number of nitrogens with two attached hydrogens (primary N) is 2. The quantitative estimate of drug-likeness (QED) is 0.104. The maximum Gasteiger partial charge on any atom is 0.240 e. The van der Waals surface area contributed by atoms with E-state index in [1.165, 1.54) is 0 Å². The number of nitrogens with zero attached hydrogens (tertiary/aromatic N) is 2. The minimum atomic E-state index is -0.816. The molecule has 8 N–H and O–H groups in total. The maximum absolute atomic E-state index is 13.4. The van der Waals surface area contributed by atoms with E-state index in [-0.39, 0.29) is 34.7 Å². The molecule has 10 nitrogen and oxygen atoms in total. The first-order valence-electron chi connectivity index (χ1n) is 19.1. The summed E-state index contributed by atoms with van der Waals surface area (Å²) in [6.07, 6.45) is 12.7. The smallest absolute Gasteiger partial charge is 0.240 e. The van der Waals surface area contributed by atoms with Crippen LogP contribution in [0.3, 0.4) is 0 Å². The molecule has 2 aliphatic carbocycles. The summed E-state index contributed by atoms with van der Waals surface area (Å²) < 4.78 is 0. The van der Waals surface area contributed by atoms with Crippen molar-refractivity contribution in [1.29, 1.82) is 0 Å². The van der Waals surface area contributed by atoms with Crippen LogP contribution in [0.4, 0.5) is 0 Å². The van der Waals surface area contributed by atoms with E-state index < -0.39 is 11.1 Å². The molecule has 2 atom stereocenters. The average molecular weight is 707 g/mol. The summed E-state index contributed by atoms with van der Waals surface area (Å²) in [5, 5.41) is 6.49. The highest BCUT2D eigenvalue weighted by Crippen LogP contribution is 2.37. The molecule has 0 saturated heterocycles. The van der Waals surface area contributed by atoms with Gasteiger partial charge in [-0.05, 0) is 58.8 Å². The van der Waals surface area contributed by atoms with Crippen LogP contribution in [-0.4, -0.2) is 42.8 Å². The van der Waals surface area contributed by atoms with Gasteiger partial charge in [-0.3, -0.25) is 9.59 Å². The van der Waals surface area contributed by atoms with E-state index in [0.717, 1.165) is 83.8 Å². The van der Waals surface area contributed by atoms with Crippen LogP contribution in [0.2, 0.25) is 0 Å². The molecule has 2 aliphatic rings. The van der Waals surface area contributed by atoms with Crippen LogP contribution in [0.5, 0.6) is 0 Å². The van der Waals surface area contributed by atoms with Gasteiger partial charge in [0, 0.05) is 0 Å².